The van der Waals surface area contributed by atoms with Gasteiger partial charge in [0.25, 0.3) is 0 Å². The van der Waals surface area contributed by atoms with Gasteiger partial charge in [-0.1, -0.05) is 0 Å². The fourth-order valence-corrected chi connectivity index (χ4v) is 1.98. The third kappa shape index (κ3) is 1.65. The van der Waals surface area contributed by atoms with Crippen molar-refractivity contribution < 1.29 is 0 Å². The van der Waals surface area contributed by atoms with Crippen molar-refractivity contribution in [3.05, 3.63) is 23.5 Å². The molecule has 11 heavy (non-hydrogen) atoms. The van der Waals surface area contributed by atoms with Crippen LogP contribution in [-0.2, 0) is 5.28 Å². The van der Waals surface area contributed by atoms with Gasteiger partial charge >= 0.3 is 0 Å². The van der Waals surface area contributed by atoms with Crippen LogP contribution in [0.5, 0.6) is 0 Å². The molecule has 1 heterocycles. The number of aromatic nitrogens is 1. The van der Waals surface area contributed by atoms with E-state index < -0.39 is 0 Å². The van der Waals surface area contributed by atoms with Crippen molar-refractivity contribution in [3.63, 3.8) is 0 Å². The van der Waals surface area contributed by atoms with Crippen LogP contribution in [0.3, 0.4) is 0 Å². The fraction of sp³-hybridized carbons (Fsp3) is 0.556. The van der Waals surface area contributed by atoms with Crippen molar-refractivity contribution in [3.8, 4) is 0 Å². The van der Waals surface area contributed by atoms with Crippen LogP contribution in [0, 0.1) is 13.8 Å². The summed E-state index contributed by atoms with van der Waals surface area (Å²) in [6.45, 7) is 8.66. The molecule has 0 aromatic carbocycles. The van der Waals surface area contributed by atoms with Crippen molar-refractivity contribution in [1.82, 2.24) is 4.57 Å². The lowest BCUT2D eigenvalue weighted by Gasteiger charge is -2.25. The lowest BCUT2D eigenvalue weighted by atomic mass is 10.3. The molecule has 0 aliphatic rings. The number of hydrogen-bond donors (Lipinski definition) is 0. The van der Waals surface area contributed by atoms with Crippen LogP contribution in [0.2, 0.25) is 0 Å². The SMILES string of the molecule is Cc1ccc(C)n1C(C)(C)P. The molecule has 0 N–H and O–H groups in total. The highest BCUT2D eigenvalue weighted by molar-refractivity contribution is 7.17. The van der Waals surface area contributed by atoms with E-state index in [9.17, 15) is 0 Å². The Kier molecular flexibility index (Phi) is 2.11. The molecule has 0 aliphatic carbocycles. The second-order valence-electron chi connectivity index (χ2n) is 3.61. The predicted molar refractivity (Wildman–Crippen MR) is 52.9 cm³/mol. The van der Waals surface area contributed by atoms with Crippen molar-refractivity contribution in [1.29, 1.82) is 0 Å². The molecule has 0 spiro atoms. The molecule has 1 rings (SSSR count). The Hall–Kier alpha value is -0.290. The van der Waals surface area contributed by atoms with Crippen molar-refractivity contribution in [2.45, 2.75) is 33.0 Å². The summed E-state index contributed by atoms with van der Waals surface area (Å²) >= 11 is 0. The summed E-state index contributed by atoms with van der Waals surface area (Å²) in [6, 6.07) is 4.31. The molecular weight excluding hydrogens is 153 g/mol. The molecule has 62 valence electrons. The molecule has 0 saturated carbocycles. The Morgan fingerprint density at radius 3 is 1.73 bits per heavy atom. The summed E-state index contributed by atoms with van der Waals surface area (Å²) in [4.78, 5) is 0. The van der Waals surface area contributed by atoms with Gasteiger partial charge in [0.15, 0.2) is 0 Å². The average molecular weight is 169 g/mol. The number of rotatable bonds is 1. The quantitative estimate of drug-likeness (QED) is 0.569. The first-order chi connectivity index (χ1) is 4.93. The molecule has 1 nitrogen and oxygen atoms in total. The molecule has 0 amide bonds. The summed E-state index contributed by atoms with van der Waals surface area (Å²) < 4.78 is 2.32. The van der Waals surface area contributed by atoms with Crippen LogP contribution in [-0.4, -0.2) is 4.57 Å². The first kappa shape index (κ1) is 8.80. The van der Waals surface area contributed by atoms with E-state index >= 15 is 0 Å². The largest absolute Gasteiger partial charge is 0.340 e. The molecule has 1 aromatic heterocycles. The third-order valence-corrected chi connectivity index (χ3v) is 2.11. The van der Waals surface area contributed by atoms with Crippen molar-refractivity contribution in [2.24, 2.45) is 0 Å². The smallest absolute Gasteiger partial charge is 0.0526 e. The van der Waals surface area contributed by atoms with Gasteiger partial charge < -0.3 is 4.57 Å². The van der Waals surface area contributed by atoms with Gasteiger partial charge in [-0.15, -0.1) is 9.24 Å². The van der Waals surface area contributed by atoms with E-state index in [0.717, 1.165) is 0 Å². The highest BCUT2D eigenvalue weighted by Crippen LogP contribution is 2.27. The monoisotopic (exact) mass is 169 g/mol. The van der Waals surface area contributed by atoms with Gasteiger partial charge in [0, 0.05) is 11.4 Å². The summed E-state index contributed by atoms with van der Waals surface area (Å²) in [5.41, 5.74) is 2.64. The Morgan fingerprint density at radius 2 is 1.55 bits per heavy atom. The third-order valence-electron chi connectivity index (χ3n) is 1.85. The highest BCUT2D eigenvalue weighted by Gasteiger charge is 2.15. The summed E-state index contributed by atoms with van der Waals surface area (Å²) in [5, 5.41) is 0.137. The Bertz CT molecular complexity index is 236. The molecule has 1 atom stereocenters. The molecule has 0 radical (unpaired) electrons. The normalized spacial score (nSPS) is 12.1. The first-order valence-corrected chi connectivity index (χ1v) is 4.45. The average Bonchev–Trinajstić information content (AvgIpc) is 2.08. The van der Waals surface area contributed by atoms with E-state index in [2.05, 4.69) is 53.6 Å². The number of nitrogens with zero attached hydrogens (tertiary/aromatic N) is 1. The number of aryl methyl sites for hydroxylation is 2. The molecule has 0 fully saturated rings. The highest BCUT2D eigenvalue weighted by atomic mass is 31.0. The van der Waals surface area contributed by atoms with Gasteiger partial charge in [-0.05, 0) is 39.8 Å². The topological polar surface area (TPSA) is 4.93 Å². The Morgan fingerprint density at radius 1 is 1.18 bits per heavy atom. The Labute approximate surface area is 71.0 Å². The maximum absolute atomic E-state index is 2.85. The molecular formula is C9H16NP. The minimum atomic E-state index is 0.137. The van der Waals surface area contributed by atoms with Gasteiger partial charge in [0.1, 0.15) is 0 Å². The van der Waals surface area contributed by atoms with E-state index in [-0.39, 0.29) is 5.28 Å². The van der Waals surface area contributed by atoms with Crippen LogP contribution in [0.4, 0.5) is 0 Å². The van der Waals surface area contributed by atoms with Gasteiger partial charge in [-0.2, -0.15) is 0 Å². The van der Waals surface area contributed by atoms with Crippen LogP contribution in [0.25, 0.3) is 0 Å². The second kappa shape index (κ2) is 2.64. The van der Waals surface area contributed by atoms with E-state index in [0.29, 0.717) is 0 Å². The standard InChI is InChI=1S/C9H16NP/c1-7-5-6-8(2)10(7)9(3,4)11/h5-6H,11H2,1-4H3. The number of hydrogen-bond acceptors (Lipinski definition) is 0. The van der Waals surface area contributed by atoms with E-state index in [1.54, 1.807) is 0 Å². The first-order valence-electron chi connectivity index (χ1n) is 3.87. The van der Waals surface area contributed by atoms with Crippen molar-refractivity contribution in [2.75, 3.05) is 0 Å². The van der Waals surface area contributed by atoms with E-state index in [1.807, 2.05) is 0 Å². The lowest BCUT2D eigenvalue weighted by molar-refractivity contribution is 0.515. The minimum absolute atomic E-state index is 0.137. The van der Waals surface area contributed by atoms with Crippen molar-refractivity contribution >= 4 is 9.24 Å². The molecule has 2 heteroatoms. The zero-order valence-electron chi connectivity index (χ0n) is 7.68. The van der Waals surface area contributed by atoms with Gasteiger partial charge in [-0.25, -0.2) is 0 Å². The summed E-state index contributed by atoms with van der Waals surface area (Å²) in [7, 11) is 2.85. The van der Waals surface area contributed by atoms with Crippen LogP contribution < -0.4 is 0 Å². The summed E-state index contributed by atoms with van der Waals surface area (Å²) in [6.07, 6.45) is 0. The fourth-order valence-electron chi connectivity index (χ4n) is 1.58. The van der Waals surface area contributed by atoms with E-state index in [4.69, 9.17) is 0 Å². The minimum Gasteiger partial charge on any atom is -0.340 e. The lowest BCUT2D eigenvalue weighted by Crippen LogP contribution is -2.20. The Balaban J connectivity index is 3.21. The molecule has 0 aliphatic heterocycles. The summed E-state index contributed by atoms with van der Waals surface area (Å²) in [5.74, 6) is 0. The zero-order valence-corrected chi connectivity index (χ0v) is 8.83. The predicted octanol–water partition coefficient (Wildman–Crippen LogP) is 2.67. The van der Waals surface area contributed by atoms with Gasteiger partial charge in [-0.3, -0.25) is 0 Å². The van der Waals surface area contributed by atoms with E-state index in [1.165, 1.54) is 11.4 Å². The molecule has 1 aromatic rings. The molecule has 0 bridgehead atoms. The maximum atomic E-state index is 2.85. The van der Waals surface area contributed by atoms with Gasteiger partial charge in [0.2, 0.25) is 0 Å². The van der Waals surface area contributed by atoms with Crippen LogP contribution in [0.1, 0.15) is 25.2 Å². The molecule has 1 unspecified atom stereocenters. The maximum Gasteiger partial charge on any atom is 0.0526 e. The zero-order chi connectivity index (χ0) is 8.65. The second-order valence-corrected chi connectivity index (χ2v) is 5.02. The van der Waals surface area contributed by atoms with Crippen LogP contribution >= 0.6 is 9.24 Å². The van der Waals surface area contributed by atoms with Crippen LogP contribution in [0.15, 0.2) is 12.1 Å². The van der Waals surface area contributed by atoms with Gasteiger partial charge in [0.05, 0.1) is 5.28 Å². The molecule has 0 saturated heterocycles.